The third kappa shape index (κ3) is 2.26. The molecule has 1 amide bonds. The van der Waals surface area contributed by atoms with Gasteiger partial charge in [0.1, 0.15) is 22.8 Å². The molecule has 1 aromatic carbocycles. The summed E-state index contributed by atoms with van der Waals surface area (Å²) in [6.07, 6.45) is 0.789. The number of phenols is 1. The van der Waals surface area contributed by atoms with E-state index in [1.54, 1.807) is 6.07 Å². The number of carbonyl (C=O) groups excluding carboxylic acids is 3. The number of hydrogen-bond donors (Lipinski definition) is 5. The van der Waals surface area contributed by atoms with Crippen LogP contribution in [0.25, 0.3) is 0 Å². The molecule has 0 fully saturated rings. The molecule has 0 spiro atoms. The van der Waals surface area contributed by atoms with Crippen molar-refractivity contribution in [3.05, 3.63) is 45.9 Å². The molecule has 0 radical (unpaired) electrons. The van der Waals surface area contributed by atoms with Crippen molar-refractivity contribution in [1.82, 2.24) is 0 Å². The van der Waals surface area contributed by atoms with Gasteiger partial charge in [-0.15, -0.1) is 0 Å². The number of aliphatic hydroxyl groups excluding tert-OH is 2. The minimum atomic E-state index is -1.11. The summed E-state index contributed by atoms with van der Waals surface area (Å²) in [5, 5.41) is 31.0. The quantitative estimate of drug-likeness (QED) is 0.280. The fourth-order valence-electron chi connectivity index (χ4n) is 4.63. The number of aliphatic hydroxyl groups is 2. The van der Waals surface area contributed by atoms with Crippen molar-refractivity contribution >= 4 is 23.2 Å². The molecule has 0 aliphatic heterocycles. The Morgan fingerprint density at radius 1 is 1.11 bits per heavy atom. The lowest BCUT2D eigenvalue weighted by atomic mass is 9.62. The third-order valence-corrected chi connectivity index (χ3v) is 5.79. The number of aromatic hydroxyl groups is 1. The number of amides is 1. The van der Waals surface area contributed by atoms with Gasteiger partial charge in [0.15, 0.2) is 11.6 Å². The van der Waals surface area contributed by atoms with Gasteiger partial charge in [-0.25, -0.2) is 0 Å². The molecule has 1 aromatic rings. The number of ketones is 2. The lowest BCUT2D eigenvalue weighted by molar-refractivity contribution is -0.126. The Morgan fingerprint density at radius 3 is 2.48 bits per heavy atom. The Morgan fingerprint density at radius 2 is 1.81 bits per heavy atom. The molecule has 4 rings (SSSR count). The molecule has 3 aliphatic rings. The van der Waals surface area contributed by atoms with Crippen LogP contribution < -0.4 is 11.5 Å². The first kappa shape index (κ1) is 17.1. The van der Waals surface area contributed by atoms with Crippen molar-refractivity contribution in [1.29, 1.82) is 0 Å². The molecule has 0 saturated carbocycles. The van der Waals surface area contributed by atoms with Gasteiger partial charge in [0.2, 0.25) is 0 Å². The number of allylic oxidation sites excluding steroid dienone is 3. The number of hydrogen-bond acceptors (Lipinski definition) is 7. The molecule has 0 bridgehead atoms. The molecular weight excluding hydrogens is 352 g/mol. The standard InChI is InChI=1S/C19H18N2O6/c20-9-2-1-6-3-7-4-8-5-10(22)14(19(21)27)18(26)13(8)17(25)12(7)16(24)11(6)15(9)23/h1-2,7-8,13,22-23,25H,3-5,20H2,(H2,21,27). The maximum absolute atomic E-state index is 13.0. The van der Waals surface area contributed by atoms with Crippen LogP contribution in [-0.4, -0.2) is 32.8 Å². The van der Waals surface area contributed by atoms with Gasteiger partial charge < -0.3 is 26.8 Å². The summed E-state index contributed by atoms with van der Waals surface area (Å²) in [4.78, 5) is 37.2. The van der Waals surface area contributed by atoms with Crippen molar-refractivity contribution in [3.8, 4) is 5.75 Å². The molecule has 7 N–H and O–H groups in total. The number of carbonyl (C=O) groups is 3. The summed E-state index contributed by atoms with van der Waals surface area (Å²) < 4.78 is 0. The summed E-state index contributed by atoms with van der Waals surface area (Å²) in [6.45, 7) is 0. The van der Waals surface area contributed by atoms with E-state index in [1.165, 1.54) is 6.07 Å². The second-order valence-corrected chi connectivity index (χ2v) is 7.29. The monoisotopic (exact) mass is 370 g/mol. The van der Waals surface area contributed by atoms with E-state index >= 15 is 0 Å². The van der Waals surface area contributed by atoms with Crippen LogP contribution in [0.3, 0.4) is 0 Å². The minimum absolute atomic E-state index is 0.0244. The molecule has 3 unspecified atom stereocenters. The molecule has 140 valence electrons. The number of anilines is 1. The largest absolute Gasteiger partial charge is 0.511 e. The summed E-state index contributed by atoms with van der Waals surface area (Å²) >= 11 is 0. The number of nitrogens with two attached hydrogens (primary N) is 2. The molecular formula is C19H18N2O6. The van der Waals surface area contributed by atoms with E-state index in [0.717, 1.165) is 0 Å². The molecule has 27 heavy (non-hydrogen) atoms. The molecule has 3 aliphatic carbocycles. The number of benzene rings is 1. The highest BCUT2D eigenvalue weighted by Gasteiger charge is 2.50. The van der Waals surface area contributed by atoms with E-state index in [1.807, 2.05) is 0 Å². The summed E-state index contributed by atoms with van der Waals surface area (Å²) in [5.74, 6) is -5.46. The molecule has 8 nitrogen and oxygen atoms in total. The fourth-order valence-corrected chi connectivity index (χ4v) is 4.63. The van der Waals surface area contributed by atoms with Crippen molar-refractivity contribution < 1.29 is 29.7 Å². The van der Waals surface area contributed by atoms with E-state index in [4.69, 9.17) is 11.5 Å². The van der Waals surface area contributed by atoms with E-state index in [0.29, 0.717) is 18.4 Å². The molecule has 8 heteroatoms. The van der Waals surface area contributed by atoms with Crippen LogP contribution in [0.2, 0.25) is 0 Å². The van der Waals surface area contributed by atoms with Gasteiger partial charge in [-0.2, -0.15) is 0 Å². The van der Waals surface area contributed by atoms with Crippen molar-refractivity contribution in [2.75, 3.05) is 5.73 Å². The Hall–Kier alpha value is -3.29. The van der Waals surface area contributed by atoms with Crippen LogP contribution in [0.5, 0.6) is 5.75 Å². The van der Waals surface area contributed by atoms with Gasteiger partial charge in [0.05, 0.1) is 17.2 Å². The lowest BCUT2D eigenvalue weighted by Crippen LogP contribution is -2.43. The second-order valence-electron chi connectivity index (χ2n) is 7.29. The lowest BCUT2D eigenvalue weighted by Gasteiger charge is -2.40. The summed E-state index contributed by atoms with van der Waals surface area (Å²) in [7, 11) is 0. The number of rotatable bonds is 1. The Labute approximate surface area is 153 Å². The summed E-state index contributed by atoms with van der Waals surface area (Å²) in [5.41, 5.74) is 11.1. The van der Waals surface area contributed by atoms with Gasteiger partial charge in [0.25, 0.3) is 5.91 Å². The highest BCUT2D eigenvalue weighted by Crippen LogP contribution is 2.49. The van der Waals surface area contributed by atoms with E-state index in [-0.39, 0.29) is 40.7 Å². The van der Waals surface area contributed by atoms with Crippen LogP contribution in [0.4, 0.5) is 5.69 Å². The van der Waals surface area contributed by atoms with Crippen LogP contribution in [0.1, 0.15) is 28.8 Å². The number of phenolic OH excluding ortho intramolecular Hbond substituents is 1. The average Bonchev–Trinajstić information content (AvgIpc) is 2.57. The number of Topliss-reactive ketones (excluding diaryl/α,β-unsaturated/α-hetero) is 2. The van der Waals surface area contributed by atoms with Crippen LogP contribution in [0, 0.1) is 17.8 Å². The first-order valence-electron chi connectivity index (χ1n) is 8.56. The molecule has 3 atom stereocenters. The van der Waals surface area contributed by atoms with E-state index in [9.17, 15) is 29.7 Å². The Kier molecular flexibility index (Phi) is 3.56. The molecule has 0 aromatic heterocycles. The number of nitrogen functional groups attached to an aromatic ring is 1. The summed E-state index contributed by atoms with van der Waals surface area (Å²) in [6, 6.07) is 3.18. The zero-order chi connectivity index (χ0) is 19.6. The molecule has 0 heterocycles. The Bertz CT molecular complexity index is 990. The predicted octanol–water partition coefficient (Wildman–Crippen LogP) is 1.05. The van der Waals surface area contributed by atoms with E-state index in [2.05, 4.69) is 0 Å². The van der Waals surface area contributed by atoms with Gasteiger partial charge in [0, 0.05) is 12.0 Å². The Balaban J connectivity index is 1.86. The smallest absolute Gasteiger partial charge is 0.255 e. The van der Waals surface area contributed by atoms with Crippen molar-refractivity contribution in [3.63, 3.8) is 0 Å². The highest BCUT2D eigenvalue weighted by molar-refractivity contribution is 6.22. The van der Waals surface area contributed by atoms with Gasteiger partial charge in [-0.05, 0) is 36.3 Å². The number of primary amides is 1. The topological polar surface area (TPSA) is 164 Å². The first-order valence-corrected chi connectivity index (χ1v) is 8.56. The first-order chi connectivity index (χ1) is 12.7. The second kappa shape index (κ2) is 5.60. The normalized spacial score (nSPS) is 27.2. The average molecular weight is 370 g/mol. The number of fused-ring (bicyclic) bond motifs is 3. The maximum atomic E-state index is 13.0. The predicted molar refractivity (Wildman–Crippen MR) is 93.8 cm³/mol. The zero-order valence-corrected chi connectivity index (χ0v) is 14.2. The van der Waals surface area contributed by atoms with Crippen molar-refractivity contribution in [2.24, 2.45) is 23.5 Å². The van der Waals surface area contributed by atoms with Crippen molar-refractivity contribution in [2.45, 2.75) is 19.3 Å². The van der Waals surface area contributed by atoms with Gasteiger partial charge >= 0.3 is 0 Å². The molecule has 0 saturated heterocycles. The minimum Gasteiger partial charge on any atom is -0.511 e. The van der Waals surface area contributed by atoms with Gasteiger partial charge in [-0.3, -0.25) is 14.4 Å². The fraction of sp³-hybridized carbons (Fsp3) is 0.316. The van der Waals surface area contributed by atoms with E-state index < -0.39 is 40.6 Å². The van der Waals surface area contributed by atoms with Crippen LogP contribution in [0.15, 0.2) is 34.8 Å². The SMILES string of the molecule is NC(=O)C1=C(O)CC2CC3Cc4ccc(N)c(O)c4C(=O)C3=C(O)C2C1=O. The third-order valence-electron chi connectivity index (χ3n) is 5.79. The highest BCUT2D eigenvalue weighted by atomic mass is 16.3. The van der Waals surface area contributed by atoms with Crippen LogP contribution in [-0.2, 0) is 16.0 Å². The zero-order valence-electron chi connectivity index (χ0n) is 14.2. The van der Waals surface area contributed by atoms with Gasteiger partial charge in [-0.1, -0.05) is 6.07 Å². The maximum Gasteiger partial charge on any atom is 0.255 e. The van der Waals surface area contributed by atoms with Crippen LogP contribution >= 0.6 is 0 Å².